The van der Waals surface area contributed by atoms with Gasteiger partial charge < -0.3 is 4.74 Å². The molecule has 0 bridgehead atoms. The van der Waals surface area contributed by atoms with Gasteiger partial charge in [0.05, 0.1) is 15.7 Å². The SMILES string of the molecule is O=C(N/N=C\c1cc(Cl)c(OCc2ccccc2Cl)c(Br)c1)c1cccc(I)c1. The van der Waals surface area contributed by atoms with E-state index >= 15 is 0 Å². The van der Waals surface area contributed by atoms with E-state index in [1.54, 1.807) is 30.3 Å². The maximum absolute atomic E-state index is 12.1. The van der Waals surface area contributed by atoms with E-state index in [-0.39, 0.29) is 12.5 Å². The molecule has 29 heavy (non-hydrogen) atoms. The van der Waals surface area contributed by atoms with Crippen LogP contribution in [-0.4, -0.2) is 12.1 Å². The number of nitrogens with one attached hydrogen (secondary N) is 1. The topological polar surface area (TPSA) is 50.7 Å². The standard InChI is InChI=1S/C21H14BrCl2IN2O2/c22-17-8-13(11-26-27-21(28)14-5-3-6-16(25)10-14)9-19(24)20(17)29-12-15-4-1-2-7-18(15)23/h1-11H,12H2,(H,27,28)/b26-11-. The fraction of sp³-hybridized carbons (Fsp3) is 0.0476. The molecule has 0 fully saturated rings. The lowest BCUT2D eigenvalue weighted by molar-refractivity contribution is 0.0955. The maximum Gasteiger partial charge on any atom is 0.271 e. The number of ether oxygens (including phenoxy) is 1. The average Bonchev–Trinajstić information content (AvgIpc) is 2.68. The second-order valence-corrected chi connectivity index (χ2v) is 8.82. The van der Waals surface area contributed by atoms with Crippen LogP contribution in [0, 0.1) is 3.57 Å². The third-order valence-corrected chi connectivity index (χ3v) is 5.73. The first kappa shape index (κ1) is 22.1. The summed E-state index contributed by atoms with van der Waals surface area (Å²) in [5, 5.41) is 5.05. The summed E-state index contributed by atoms with van der Waals surface area (Å²) in [7, 11) is 0. The van der Waals surface area contributed by atoms with Crippen molar-refractivity contribution in [3.63, 3.8) is 0 Å². The van der Waals surface area contributed by atoms with Crippen molar-refractivity contribution < 1.29 is 9.53 Å². The molecule has 0 spiro atoms. The third-order valence-electron chi connectivity index (χ3n) is 3.82. The quantitative estimate of drug-likeness (QED) is 0.194. The van der Waals surface area contributed by atoms with E-state index in [0.717, 1.165) is 9.13 Å². The van der Waals surface area contributed by atoms with Gasteiger partial charge in [-0.15, -0.1) is 0 Å². The molecule has 3 aromatic carbocycles. The molecular formula is C21H14BrCl2IN2O2. The smallest absolute Gasteiger partial charge is 0.271 e. The van der Waals surface area contributed by atoms with Crippen LogP contribution in [0.25, 0.3) is 0 Å². The van der Waals surface area contributed by atoms with Crippen LogP contribution in [-0.2, 0) is 6.61 Å². The number of carbonyl (C=O) groups is 1. The fourth-order valence-corrected chi connectivity index (χ4v) is 4.14. The average molecular weight is 604 g/mol. The third kappa shape index (κ3) is 6.18. The van der Waals surface area contributed by atoms with Gasteiger partial charge >= 0.3 is 0 Å². The number of halogens is 4. The molecule has 8 heteroatoms. The van der Waals surface area contributed by atoms with E-state index in [1.807, 2.05) is 30.3 Å². The molecule has 0 heterocycles. The molecule has 3 rings (SSSR count). The number of benzene rings is 3. The zero-order valence-corrected chi connectivity index (χ0v) is 20.1. The number of amides is 1. The molecule has 0 aliphatic heterocycles. The molecule has 0 saturated carbocycles. The van der Waals surface area contributed by atoms with Crippen LogP contribution in [0.1, 0.15) is 21.5 Å². The van der Waals surface area contributed by atoms with Gasteiger partial charge in [-0.05, 0) is 80.5 Å². The Hall–Kier alpha value is -1.61. The van der Waals surface area contributed by atoms with E-state index in [1.165, 1.54) is 6.21 Å². The number of nitrogens with zero attached hydrogens (tertiary/aromatic N) is 1. The van der Waals surface area contributed by atoms with Gasteiger partial charge in [0, 0.05) is 19.7 Å². The molecule has 148 valence electrons. The summed E-state index contributed by atoms with van der Waals surface area (Å²) in [6, 6.07) is 18.2. The zero-order chi connectivity index (χ0) is 20.8. The summed E-state index contributed by atoms with van der Waals surface area (Å²) in [6.45, 7) is 0.289. The Balaban J connectivity index is 1.66. The van der Waals surface area contributed by atoms with Crippen LogP contribution in [0.5, 0.6) is 5.75 Å². The lowest BCUT2D eigenvalue weighted by atomic mass is 10.2. The lowest BCUT2D eigenvalue weighted by Crippen LogP contribution is -2.17. The minimum atomic E-state index is -0.287. The van der Waals surface area contributed by atoms with Crippen molar-refractivity contribution in [3.05, 3.63) is 95.4 Å². The van der Waals surface area contributed by atoms with Gasteiger partial charge in [0.15, 0.2) is 5.75 Å². The minimum absolute atomic E-state index is 0.287. The highest BCUT2D eigenvalue weighted by Crippen LogP contribution is 2.35. The molecule has 1 amide bonds. The number of carbonyl (C=O) groups excluding carboxylic acids is 1. The van der Waals surface area contributed by atoms with Crippen molar-refractivity contribution in [1.82, 2.24) is 5.43 Å². The van der Waals surface area contributed by atoms with Crippen molar-refractivity contribution >= 4 is 73.8 Å². The van der Waals surface area contributed by atoms with Crippen molar-refractivity contribution in [2.75, 3.05) is 0 Å². The predicted octanol–water partition coefficient (Wildman–Crippen LogP) is 6.70. The molecule has 4 nitrogen and oxygen atoms in total. The van der Waals surface area contributed by atoms with E-state index in [4.69, 9.17) is 27.9 Å². The number of hydrogen-bond donors (Lipinski definition) is 1. The monoisotopic (exact) mass is 602 g/mol. The van der Waals surface area contributed by atoms with Gasteiger partial charge in [-0.25, -0.2) is 5.43 Å². The Bertz CT molecular complexity index is 1050. The van der Waals surface area contributed by atoms with Crippen LogP contribution in [0.15, 0.2) is 70.2 Å². The summed E-state index contributed by atoms with van der Waals surface area (Å²) in [5.41, 5.74) is 4.61. The molecule has 0 atom stereocenters. The van der Waals surface area contributed by atoms with Gasteiger partial charge in [-0.2, -0.15) is 5.10 Å². The van der Waals surface area contributed by atoms with Crippen molar-refractivity contribution in [2.45, 2.75) is 6.61 Å². The van der Waals surface area contributed by atoms with Crippen LogP contribution in [0.4, 0.5) is 0 Å². The lowest BCUT2D eigenvalue weighted by Gasteiger charge is -2.12. The van der Waals surface area contributed by atoms with Crippen molar-refractivity contribution in [2.24, 2.45) is 5.10 Å². The van der Waals surface area contributed by atoms with E-state index in [2.05, 4.69) is 49.0 Å². The normalized spacial score (nSPS) is 10.9. The van der Waals surface area contributed by atoms with E-state index < -0.39 is 0 Å². The molecule has 0 unspecified atom stereocenters. The van der Waals surface area contributed by atoms with Gasteiger partial charge in [-0.3, -0.25) is 4.79 Å². The molecule has 0 aliphatic rings. The summed E-state index contributed by atoms with van der Waals surface area (Å²) in [6.07, 6.45) is 1.51. The Morgan fingerprint density at radius 3 is 2.62 bits per heavy atom. The number of hydrogen-bond acceptors (Lipinski definition) is 3. The van der Waals surface area contributed by atoms with E-state index in [0.29, 0.717) is 31.4 Å². The van der Waals surface area contributed by atoms with Crippen molar-refractivity contribution in [1.29, 1.82) is 0 Å². The first-order chi connectivity index (χ1) is 13.9. The van der Waals surface area contributed by atoms with Gasteiger partial charge in [0.2, 0.25) is 0 Å². The highest BCUT2D eigenvalue weighted by atomic mass is 127. The first-order valence-electron chi connectivity index (χ1n) is 8.38. The highest BCUT2D eigenvalue weighted by Gasteiger charge is 2.10. The Kier molecular flexibility index (Phi) is 7.94. The molecule has 0 saturated heterocycles. The van der Waals surface area contributed by atoms with Crippen LogP contribution < -0.4 is 10.2 Å². The summed E-state index contributed by atoms with van der Waals surface area (Å²) in [5.74, 6) is 0.219. The highest BCUT2D eigenvalue weighted by molar-refractivity contribution is 14.1. The van der Waals surface area contributed by atoms with Crippen LogP contribution >= 0.6 is 61.7 Å². The first-order valence-corrected chi connectivity index (χ1v) is 11.0. The molecular weight excluding hydrogens is 590 g/mol. The predicted molar refractivity (Wildman–Crippen MR) is 129 cm³/mol. The fourth-order valence-electron chi connectivity index (χ4n) is 2.42. The molecule has 0 aromatic heterocycles. The molecule has 0 aliphatic carbocycles. The van der Waals surface area contributed by atoms with Gasteiger partial charge in [0.25, 0.3) is 5.91 Å². The zero-order valence-electron chi connectivity index (χ0n) is 14.8. The Morgan fingerprint density at radius 1 is 1.10 bits per heavy atom. The number of rotatable bonds is 6. The second kappa shape index (κ2) is 10.4. The van der Waals surface area contributed by atoms with Crippen molar-refractivity contribution in [3.8, 4) is 5.75 Å². The minimum Gasteiger partial charge on any atom is -0.486 e. The summed E-state index contributed by atoms with van der Waals surface area (Å²) in [4.78, 5) is 12.1. The van der Waals surface area contributed by atoms with Gasteiger partial charge in [0.1, 0.15) is 6.61 Å². The molecule has 0 radical (unpaired) electrons. The summed E-state index contributed by atoms with van der Waals surface area (Å²) < 4.78 is 7.47. The molecule has 3 aromatic rings. The Morgan fingerprint density at radius 2 is 1.90 bits per heavy atom. The second-order valence-electron chi connectivity index (χ2n) is 5.90. The maximum atomic E-state index is 12.1. The molecule has 1 N–H and O–H groups in total. The summed E-state index contributed by atoms with van der Waals surface area (Å²) >= 11 is 18.1. The van der Waals surface area contributed by atoms with Crippen LogP contribution in [0.3, 0.4) is 0 Å². The van der Waals surface area contributed by atoms with Gasteiger partial charge in [-0.1, -0.05) is 47.5 Å². The Labute approximate surface area is 200 Å². The van der Waals surface area contributed by atoms with Crippen LogP contribution in [0.2, 0.25) is 10.0 Å². The largest absolute Gasteiger partial charge is 0.486 e. The van der Waals surface area contributed by atoms with E-state index in [9.17, 15) is 4.79 Å². The number of hydrazone groups is 1.